The number of nitrogens with one attached hydrogen (secondary N) is 1. The molecule has 6 nitrogen and oxygen atoms in total. The van der Waals surface area contributed by atoms with E-state index < -0.39 is 0 Å². The first-order valence-electron chi connectivity index (χ1n) is 17.6. The highest BCUT2D eigenvalue weighted by atomic mass is 16.7. The first kappa shape index (κ1) is 27.8. The lowest BCUT2D eigenvalue weighted by Gasteiger charge is -2.61. The van der Waals surface area contributed by atoms with E-state index in [-0.39, 0.29) is 17.1 Å². The van der Waals surface area contributed by atoms with Crippen LogP contribution in [0.25, 0.3) is 0 Å². The van der Waals surface area contributed by atoms with Crippen LogP contribution in [0.1, 0.15) is 91.9 Å². The lowest BCUT2D eigenvalue weighted by atomic mass is 9.44. The van der Waals surface area contributed by atoms with Gasteiger partial charge in [-0.25, -0.2) is 0 Å². The Morgan fingerprint density at radius 1 is 0.927 bits per heavy atom. The number of carbonyl (C=O) groups is 1. The van der Waals surface area contributed by atoms with Crippen molar-refractivity contribution in [1.29, 1.82) is 0 Å². The van der Waals surface area contributed by atoms with Gasteiger partial charge >= 0.3 is 0 Å². The number of amides is 1. The Hall–Kier alpha value is -0.690. The Morgan fingerprint density at radius 3 is 2.51 bits per heavy atom. The number of piperazine rings is 1. The van der Waals surface area contributed by atoms with Crippen LogP contribution < -0.4 is 5.32 Å². The normalized spacial score (nSPS) is 56.1. The highest BCUT2D eigenvalue weighted by molar-refractivity contribution is 5.76. The van der Waals surface area contributed by atoms with Crippen LogP contribution in [-0.4, -0.2) is 80.0 Å². The summed E-state index contributed by atoms with van der Waals surface area (Å²) in [5.41, 5.74) is 1.09. The number of likely N-dealkylation sites (N-methyl/N-ethyl adjacent to an activating group) is 1. The smallest absolute Gasteiger partial charge is 0.221 e. The summed E-state index contributed by atoms with van der Waals surface area (Å²) >= 11 is 0. The molecule has 1 unspecified atom stereocenters. The molecule has 8 fully saturated rings. The fraction of sp³-hybridized carbons (Fsp3) is 0.971. The fourth-order valence-corrected chi connectivity index (χ4v) is 13.2. The summed E-state index contributed by atoms with van der Waals surface area (Å²) in [4.78, 5) is 17.8. The monoisotopic (exact) mass is 567 g/mol. The van der Waals surface area contributed by atoms with E-state index in [4.69, 9.17) is 9.47 Å². The molecule has 3 saturated heterocycles. The van der Waals surface area contributed by atoms with Crippen molar-refractivity contribution in [2.45, 2.75) is 110 Å². The summed E-state index contributed by atoms with van der Waals surface area (Å²) in [6.07, 6.45) is 12.8. The Bertz CT molecular complexity index is 1060. The molecule has 1 spiro atoms. The number of ether oxygens (including phenoxy) is 2. The molecule has 1 N–H and O–H groups in total. The standard InChI is InChI=1S/C35H57N3O3/c1-22-18-29-34(4)31-28(41-35(29,34)40-21-22)20-27-25-7-6-23-19-24(8-11-32(23,2)26(25)9-12-33(27,31)3)36-30(39)10-13-38-16-14-37(5)15-17-38/h22-29,31H,6-21H2,1-5H3,(H,36,39)/t22-,23+,24-,25+,26-,27-,28-,29?,31-,32-,33-,34-,35+/m0/s1. The summed E-state index contributed by atoms with van der Waals surface area (Å²) in [5, 5.41) is 3.50. The molecule has 5 aliphatic carbocycles. The van der Waals surface area contributed by atoms with E-state index in [9.17, 15) is 4.79 Å². The molecule has 0 aromatic heterocycles. The lowest BCUT2D eigenvalue weighted by Crippen LogP contribution is -2.56. The highest BCUT2D eigenvalue weighted by Gasteiger charge is 2.89. The van der Waals surface area contributed by atoms with Crippen LogP contribution in [0.5, 0.6) is 0 Å². The van der Waals surface area contributed by atoms with Crippen LogP contribution >= 0.6 is 0 Å². The van der Waals surface area contributed by atoms with Gasteiger partial charge in [0.05, 0.1) is 12.7 Å². The Labute approximate surface area is 249 Å². The summed E-state index contributed by atoms with van der Waals surface area (Å²) in [6.45, 7) is 16.5. The number of hydrogen-bond donors (Lipinski definition) is 1. The number of rotatable bonds is 4. The first-order chi connectivity index (χ1) is 19.6. The van der Waals surface area contributed by atoms with Crippen molar-refractivity contribution >= 4 is 5.91 Å². The van der Waals surface area contributed by atoms with E-state index in [2.05, 4.69) is 49.9 Å². The molecule has 0 aromatic carbocycles. The third-order valence-corrected chi connectivity index (χ3v) is 15.3. The van der Waals surface area contributed by atoms with Gasteiger partial charge in [-0.15, -0.1) is 0 Å². The number of carbonyl (C=O) groups excluding carboxylic acids is 1. The maximum Gasteiger partial charge on any atom is 0.221 e. The summed E-state index contributed by atoms with van der Waals surface area (Å²) < 4.78 is 13.6. The zero-order chi connectivity index (χ0) is 28.4. The molecule has 8 rings (SSSR count). The Morgan fingerprint density at radius 2 is 1.71 bits per heavy atom. The second kappa shape index (κ2) is 9.41. The molecule has 6 heteroatoms. The number of fused-ring (bicyclic) bond motifs is 9. The van der Waals surface area contributed by atoms with Gasteiger partial charge in [0.1, 0.15) is 0 Å². The summed E-state index contributed by atoms with van der Waals surface area (Å²) in [7, 11) is 2.19. The van der Waals surface area contributed by atoms with E-state index >= 15 is 0 Å². The molecule has 8 aliphatic rings. The lowest BCUT2D eigenvalue weighted by molar-refractivity contribution is -0.212. The van der Waals surface area contributed by atoms with Crippen molar-refractivity contribution in [3.63, 3.8) is 0 Å². The molecule has 0 radical (unpaired) electrons. The van der Waals surface area contributed by atoms with Crippen molar-refractivity contribution in [3.8, 4) is 0 Å². The summed E-state index contributed by atoms with van der Waals surface area (Å²) in [6, 6.07) is 0.384. The van der Waals surface area contributed by atoms with E-state index in [1.807, 2.05) is 0 Å². The maximum absolute atomic E-state index is 12.9. The molecule has 0 bridgehead atoms. The Balaban J connectivity index is 0.909. The molecule has 1 amide bonds. The first-order valence-corrected chi connectivity index (χ1v) is 17.6. The average Bonchev–Trinajstić information content (AvgIpc) is 3.16. The predicted octanol–water partition coefficient (Wildman–Crippen LogP) is 5.17. The topological polar surface area (TPSA) is 54.0 Å². The molecule has 13 atom stereocenters. The zero-order valence-electron chi connectivity index (χ0n) is 26.6. The molecule has 230 valence electrons. The van der Waals surface area contributed by atoms with E-state index in [1.54, 1.807) is 0 Å². The fourth-order valence-electron chi connectivity index (χ4n) is 13.2. The summed E-state index contributed by atoms with van der Waals surface area (Å²) in [5.74, 6) is 5.30. The van der Waals surface area contributed by atoms with Gasteiger partial charge in [-0.3, -0.25) is 4.79 Å². The van der Waals surface area contributed by atoms with Crippen molar-refractivity contribution in [2.75, 3.05) is 46.4 Å². The van der Waals surface area contributed by atoms with E-state index in [0.717, 1.165) is 63.0 Å². The van der Waals surface area contributed by atoms with Crippen molar-refractivity contribution < 1.29 is 14.3 Å². The van der Waals surface area contributed by atoms with E-state index in [1.165, 1.54) is 57.8 Å². The minimum atomic E-state index is -0.239. The molecule has 3 heterocycles. The van der Waals surface area contributed by atoms with Gasteiger partial charge in [0.15, 0.2) is 5.79 Å². The van der Waals surface area contributed by atoms with Crippen molar-refractivity contribution in [2.24, 2.45) is 57.7 Å². The quantitative estimate of drug-likeness (QED) is 0.508. The van der Waals surface area contributed by atoms with Gasteiger partial charge in [0.25, 0.3) is 0 Å². The second-order valence-electron chi connectivity index (χ2n) is 17.2. The highest BCUT2D eigenvalue weighted by Crippen LogP contribution is 2.84. The largest absolute Gasteiger partial charge is 0.353 e. The predicted molar refractivity (Wildman–Crippen MR) is 160 cm³/mol. The zero-order valence-corrected chi connectivity index (χ0v) is 26.6. The molecule has 5 saturated carbocycles. The van der Waals surface area contributed by atoms with Crippen molar-refractivity contribution in [3.05, 3.63) is 0 Å². The molecular formula is C35H57N3O3. The maximum atomic E-state index is 12.9. The van der Waals surface area contributed by atoms with Crippen LogP contribution in [0.15, 0.2) is 0 Å². The van der Waals surface area contributed by atoms with Crippen molar-refractivity contribution in [1.82, 2.24) is 15.1 Å². The molecule has 3 aliphatic heterocycles. The number of hydrogen-bond acceptors (Lipinski definition) is 5. The molecule has 0 aromatic rings. The van der Waals surface area contributed by atoms with Gasteiger partial charge in [0.2, 0.25) is 5.91 Å². The van der Waals surface area contributed by atoms with Gasteiger partial charge < -0.3 is 24.6 Å². The van der Waals surface area contributed by atoms with Crippen LogP contribution in [0.4, 0.5) is 0 Å². The minimum Gasteiger partial charge on any atom is -0.353 e. The molecule has 41 heavy (non-hydrogen) atoms. The van der Waals surface area contributed by atoms with Crippen LogP contribution in [0.3, 0.4) is 0 Å². The van der Waals surface area contributed by atoms with Gasteiger partial charge in [-0.1, -0.05) is 27.7 Å². The molecular weight excluding hydrogens is 510 g/mol. The third-order valence-electron chi connectivity index (χ3n) is 15.3. The Kier molecular flexibility index (Phi) is 6.39. The third kappa shape index (κ3) is 3.84. The second-order valence-corrected chi connectivity index (χ2v) is 17.2. The van der Waals surface area contributed by atoms with Gasteiger partial charge in [0, 0.05) is 62.4 Å². The van der Waals surface area contributed by atoms with Crippen LogP contribution in [0.2, 0.25) is 0 Å². The number of nitrogens with zero attached hydrogens (tertiary/aromatic N) is 2. The van der Waals surface area contributed by atoms with Gasteiger partial charge in [-0.05, 0) is 105 Å². The SMILES string of the molecule is C[C@@H]1CO[C@]23O[C@H]4C[C@H]5[C@@H]6CC[C@@H]7C[C@@H](NC(=O)CCN8CCN(C)CC8)CC[C@]7(C)[C@H]6CC[C@]5(C)[C@H]4[C@]2(C)C3C1. The van der Waals surface area contributed by atoms with E-state index in [0.29, 0.717) is 47.2 Å². The van der Waals surface area contributed by atoms with Gasteiger partial charge in [-0.2, -0.15) is 0 Å². The average molecular weight is 568 g/mol. The minimum absolute atomic E-state index is 0.237. The van der Waals surface area contributed by atoms with Crippen LogP contribution in [-0.2, 0) is 14.3 Å². The van der Waals surface area contributed by atoms with Crippen LogP contribution in [0, 0.1) is 57.7 Å².